The number of nitrogens with one attached hydrogen (secondary N) is 1. The number of aliphatic hydroxyl groups excluding tert-OH is 3. The third-order valence-electron chi connectivity index (χ3n) is 2.97. The highest BCUT2D eigenvalue weighted by atomic mass is 31.2. The van der Waals surface area contributed by atoms with Crippen molar-refractivity contribution in [3.63, 3.8) is 0 Å². The summed E-state index contributed by atoms with van der Waals surface area (Å²) in [5.74, 6) is 0. The number of rotatable bonds is 3. The first kappa shape index (κ1) is 35.3. The van der Waals surface area contributed by atoms with Crippen LogP contribution in [0.5, 0.6) is 0 Å². The standard InChI is InChI=1S/C9H11N5O6.3H3O4P/c10-13-12-9(3-15)6(18)5(17)7(20-9)14-2-1-4(16)11-8(14)19;3*1-5(2,3)4/h1-2,5-7,15,17-18H,3H2,(H,11,16,19);3*(H3,1,2,3,4)/t5-,6+,7-,9-;;;/m1.../s1. The van der Waals surface area contributed by atoms with Crippen LogP contribution >= 0.6 is 23.5 Å². The van der Waals surface area contributed by atoms with Crippen molar-refractivity contribution in [2.45, 2.75) is 24.2 Å². The third kappa shape index (κ3) is 17.3. The Morgan fingerprint density at radius 2 is 1.40 bits per heavy atom. The molecule has 1 aromatic heterocycles. The Bertz CT molecular complexity index is 1040. The number of nitrogens with zero attached hydrogens (tertiary/aromatic N) is 4. The van der Waals surface area contributed by atoms with Crippen LogP contribution in [0.1, 0.15) is 6.23 Å². The first-order valence-electron chi connectivity index (χ1n) is 7.82. The van der Waals surface area contributed by atoms with Crippen LogP contribution in [0.2, 0.25) is 0 Å². The maximum absolute atomic E-state index is 11.6. The Balaban J connectivity index is 0. The first-order valence-corrected chi connectivity index (χ1v) is 12.5. The Labute approximate surface area is 191 Å². The zero-order chi connectivity index (χ0) is 28.4. The van der Waals surface area contributed by atoms with Gasteiger partial charge in [-0.25, -0.2) is 18.5 Å². The highest BCUT2D eigenvalue weighted by Gasteiger charge is 2.54. The van der Waals surface area contributed by atoms with Crippen LogP contribution in [0.4, 0.5) is 0 Å². The lowest BCUT2D eigenvalue weighted by Gasteiger charge is -2.23. The SMILES string of the molecule is O=P(O)(O)O.O=P(O)(O)O.O=P(O)(O)O.[N-]=[N+]=N[C@]1(CO)O[C@@H](n2ccc(=O)[nH]c2=O)[C@H](O)[C@@H]1O. The van der Waals surface area contributed by atoms with E-state index in [1.165, 1.54) is 0 Å². The molecule has 0 bridgehead atoms. The molecule has 1 saturated heterocycles. The van der Waals surface area contributed by atoms with Crippen molar-refractivity contribution in [1.82, 2.24) is 9.55 Å². The van der Waals surface area contributed by atoms with Crippen LogP contribution in [0, 0.1) is 0 Å². The van der Waals surface area contributed by atoms with Crippen LogP contribution in [-0.2, 0) is 18.4 Å². The predicted octanol–water partition coefficient (Wildman–Crippen LogP) is -5.00. The van der Waals surface area contributed by atoms with Crippen molar-refractivity contribution in [1.29, 1.82) is 0 Å². The molecule has 1 fully saturated rings. The largest absolute Gasteiger partial charge is 0.466 e. The summed E-state index contributed by atoms with van der Waals surface area (Å²) in [4.78, 5) is 91.6. The monoisotopic (exact) mass is 579 g/mol. The number of hydrogen-bond acceptors (Lipinski definition) is 10. The van der Waals surface area contributed by atoms with Gasteiger partial charge in [-0.1, -0.05) is 5.11 Å². The number of ether oxygens (including phenoxy) is 1. The van der Waals surface area contributed by atoms with Gasteiger partial charge < -0.3 is 64.1 Å². The first-order chi connectivity index (χ1) is 15.4. The minimum Gasteiger partial charge on any atom is -0.393 e. The van der Waals surface area contributed by atoms with E-state index in [-0.39, 0.29) is 0 Å². The summed E-state index contributed by atoms with van der Waals surface area (Å²) >= 11 is 0. The number of hydrogen-bond donors (Lipinski definition) is 13. The van der Waals surface area contributed by atoms with E-state index in [4.69, 9.17) is 68.0 Å². The average molecular weight is 579 g/mol. The molecule has 13 N–H and O–H groups in total. The number of aliphatic hydroxyl groups is 3. The molecular weight excluding hydrogens is 559 g/mol. The van der Waals surface area contributed by atoms with Crippen molar-refractivity contribution in [2.75, 3.05) is 6.61 Å². The molecule has 0 unspecified atom stereocenters. The molecule has 1 aromatic rings. The normalized spacial score (nSPS) is 23.8. The maximum Gasteiger partial charge on any atom is 0.466 e. The molecular formula is C9H20N5O18P3. The van der Waals surface area contributed by atoms with Crippen molar-refractivity contribution >= 4 is 23.5 Å². The molecule has 204 valence electrons. The maximum atomic E-state index is 11.6. The lowest BCUT2D eigenvalue weighted by Crippen LogP contribution is -2.44. The van der Waals surface area contributed by atoms with Crippen LogP contribution in [0.25, 0.3) is 10.4 Å². The van der Waals surface area contributed by atoms with Crippen molar-refractivity contribution in [3.05, 3.63) is 43.5 Å². The zero-order valence-corrected chi connectivity index (χ0v) is 19.2. The molecule has 0 aliphatic carbocycles. The van der Waals surface area contributed by atoms with Crippen molar-refractivity contribution in [2.24, 2.45) is 5.11 Å². The molecule has 35 heavy (non-hydrogen) atoms. The lowest BCUT2D eigenvalue weighted by molar-refractivity contribution is -0.125. The topological polar surface area (TPSA) is 407 Å². The van der Waals surface area contributed by atoms with Gasteiger partial charge in [-0.2, -0.15) is 0 Å². The molecule has 0 aromatic carbocycles. The number of azide groups is 1. The van der Waals surface area contributed by atoms with E-state index in [2.05, 4.69) is 10.0 Å². The zero-order valence-electron chi connectivity index (χ0n) is 16.5. The fourth-order valence-electron chi connectivity index (χ4n) is 1.94. The molecule has 0 saturated carbocycles. The second kappa shape index (κ2) is 14.0. The van der Waals surface area contributed by atoms with Gasteiger partial charge in [0.2, 0.25) is 5.72 Å². The van der Waals surface area contributed by atoms with Gasteiger partial charge in [0.1, 0.15) is 12.2 Å². The van der Waals surface area contributed by atoms with E-state index in [1.54, 1.807) is 0 Å². The molecule has 2 rings (SSSR count). The van der Waals surface area contributed by atoms with Gasteiger partial charge in [0, 0.05) is 17.2 Å². The molecule has 23 nitrogen and oxygen atoms in total. The summed E-state index contributed by atoms with van der Waals surface area (Å²) in [6.45, 7) is -0.899. The number of phosphoric acid groups is 3. The van der Waals surface area contributed by atoms with Gasteiger partial charge in [-0.3, -0.25) is 14.3 Å². The van der Waals surface area contributed by atoms with E-state index in [0.717, 1.165) is 16.8 Å². The van der Waals surface area contributed by atoms with Gasteiger partial charge in [0.15, 0.2) is 6.23 Å². The molecule has 2 heterocycles. The van der Waals surface area contributed by atoms with Crippen molar-refractivity contribution in [3.8, 4) is 0 Å². The minimum atomic E-state index is -4.64. The van der Waals surface area contributed by atoms with Crippen LogP contribution < -0.4 is 11.2 Å². The average Bonchev–Trinajstić information content (AvgIpc) is 2.83. The van der Waals surface area contributed by atoms with Crippen molar-refractivity contribution < 1.29 is 77.8 Å². The van der Waals surface area contributed by atoms with E-state index < -0.39 is 65.5 Å². The van der Waals surface area contributed by atoms with Crippen LogP contribution in [0.15, 0.2) is 27.0 Å². The van der Waals surface area contributed by atoms with Gasteiger partial charge in [-0.05, 0) is 5.53 Å². The molecule has 0 spiro atoms. The highest BCUT2D eigenvalue weighted by molar-refractivity contribution is 7.45. The fourth-order valence-corrected chi connectivity index (χ4v) is 1.94. The summed E-state index contributed by atoms with van der Waals surface area (Å²) in [6, 6.07) is 1.01. The van der Waals surface area contributed by atoms with Gasteiger partial charge in [-0.15, -0.1) is 0 Å². The Morgan fingerprint density at radius 3 is 1.71 bits per heavy atom. The fraction of sp³-hybridized carbons (Fsp3) is 0.556. The number of H-pyrrole nitrogens is 1. The second-order valence-corrected chi connectivity index (χ2v) is 8.77. The molecule has 26 heteroatoms. The third-order valence-corrected chi connectivity index (χ3v) is 2.97. The van der Waals surface area contributed by atoms with E-state index in [1.807, 2.05) is 4.98 Å². The lowest BCUT2D eigenvalue weighted by atomic mass is 10.1. The molecule has 0 amide bonds. The summed E-state index contributed by atoms with van der Waals surface area (Å²) in [7, 11) is -13.9. The summed E-state index contributed by atoms with van der Waals surface area (Å²) in [6.07, 6.45) is -3.76. The Hall–Kier alpha value is -1.84. The molecule has 0 radical (unpaired) electrons. The summed E-state index contributed by atoms with van der Waals surface area (Å²) in [5, 5.41) is 32.1. The Kier molecular flexibility index (Phi) is 14.2. The summed E-state index contributed by atoms with van der Waals surface area (Å²) < 4.78 is 32.6. The number of aromatic amines is 1. The van der Waals surface area contributed by atoms with E-state index in [9.17, 15) is 24.9 Å². The number of aromatic nitrogens is 2. The minimum absolute atomic E-state index is 0.650. The van der Waals surface area contributed by atoms with E-state index in [0.29, 0.717) is 0 Å². The second-order valence-electron chi connectivity index (χ2n) is 5.69. The Morgan fingerprint density at radius 1 is 1.00 bits per heavy atom. The molecule has 1 aliphatic heterocycles. The smallest absolute Gasteiger partial charge is 0.393 e. The van der Waals surface area contributed by atoms with Gasteiger partial charge in [0.25, 0.3) is 5.56 Å². The molecule has 4 atom stereocenters. The summed E-state index contributed by atoms with van der Waals surface area (Å²) in [5.41, 5.74) is 4.79. The van der Waals surface area contributed by atoms with Gasteiger partial charge in [0.05, 0.1) is 6.61 Å². The quantitative estimate of drug-likeness (QED) is 0.0689. The molecule has 1 aliphatic rings. The predicted molar refractivity (Wildman–Crippen MR) is 105 cm³/mol. The van der Waals surface area contributed by atoms with Crippen LogP contribution in [0.3, 0.4) is 0 Å². The van der Waals surface area contributed by atoms with Gasteiger partial charge >= 0.3 is 29.2 Å². The highest BCUT2D eigenvalue weighted by Crippen LogP contribution is 2.37. The van der Waals surface area contributed by atoms with E-state index >= 15 is 0 Å². The van der Waals surface area contributed by atoms with Crippen LogP contribution in [-0.4, -0.2) is 93.5 Å².